The minimum Gasteiger partial charge on any atom is -0.367 e. The zero-order valence-electron chi connectivity index (χ0n) is 9.01. The van der Waals surface area contributed by atoms with Crippen LogP contribution in [0, 0.1) is 3.57 Å². The second-order valence-corrected chi connectivity index (χ2v) is 6.07. The maximum Gasteiger partial charge on any atom is 0.0746 e. The third-order valence-electron chi connectivity index (χ3n) is 2.80. The molecule has 0 radical (unpaired) electrons. The van der Waals surface area contributed by atoms with Crippen LogP contribution in [-0.4, -0.2) is 38.1 Å². The number of hydrogen-bond donors (Lipinski definition) is 0. The van der Waals surface area contributed by atoms with Gasteiger partial charge in [0.15, 0.2) is 0 Å². The summed E-state index contributed by atoms with van der Waals surface area (Å²) in [4.78, 5) is 4.58. The summed E-state index contributed by atoms with van der Waals surface area (Å²) in [5, 5.41) is 1.50. The zero-order valence-corrected chi connectivity index (χ0v) is 12.7. The van der Waals surface area contributed by atoms with Crippen LogP contribution in [0.15, 0.2) is 12.1 Å². The number of piperazine rings is 1. The average Bonchev–Trinajstić information content (AvgIpc) is 2.19. The highest BCUT2D eigenvalue weighted by molar-refractivity contribution is 14.1. The average molecular weight is 371 g/mol. The normalized spacial score (nSPS) is 17.9. The monoisotopic (exact) mass is 370 g/mol. The molecule has 0 aromatic heterocycles. The SMILES string of the molecule is CN1CCN(c2c(Cl)cc(I)cc2Cl)CC1. The Morgan fingerprint density at radius 3 is 2.06 bits per heavy atom. The molecule has 0 atom stereocenters. The highest BCUT2D eigenvalue weighted by Gasteiger charge is 2.19. The fourth-order valence-corrected chi connectivity index (χ4v) is 3.58. The predicted molar refractivity (Wildman–Crippen MR) is 78.9 cm³/mol. The quantitative estimate of drug-likeness (QED) is 0.699. The number of rotatable bonds is 1. The number of hydrogen-bond acceptors (Lipinski definition) is 2. The van der Waals surface area contributed by atoms with Crippen LogP contribution in [0.25, 0.3) is 0 Å². The van der Waals surface area contributed by atoms with Gasteiger partial charge in [-0.1, -0.05) is 23.2 Å². The van der Waals surface area contributed by atoms with Crippen molar-refractivity contribution < 1.29 is 0 Å². The Bertz CT molecular complexity index is 367. The summed E-state index contributed by atoms with van der Waals surface area (Å²) in [6.45, 7) is 4.07. The Morgan fingerprint density at radius 2 is 1.56 bits per heavy atom. The Labute approximate surface area is 120 Å². The van der Waals surface area contributed by atoms with E-state index >= 15 is 0 Å². The second kappa shape index (κ2) is 5.29. The van der Waals surface area contributed by atoms with Gasteiger partial charge in [-0.2, -0.15) is 0 Å². The second-order valence-electron chi connectivity index (χ2n) is 4.01. The standard InChI is InChI=1S/C11H13Cl2IN2/c1-15-2-4-16(5-3-15)11-9(12)6-8(14)7-10(11)13/h6-7H,2-5H2,1H3. The van der Waals surface area contributed by atoms with Crippen LogP contribution >= 0.6 is 45.8 Å². The van der Waals surface area contributed by atoms with Gasteiger partial charge >= 0.3 is 0 Å². The van der Waals surface area contributed by atoms with E-state index in [-0.39, 0.29) is 0 Å². The van der Waals surface area contributed by atoms with Crippen molar-refractivity contribution >= 4 is 51.5 Å². The van der Waals surface area contributed by atoms with Gasteiger partial charge in [-0.3, -0.25) is 0 Å². The number of nitrogens with zero attached hydrogens (tertiary/aromatic N) is 2. The Kier molecular flexibility index (Phi) is 4.21. The van der Waals surface area contributed by atoms with E-state index in [1.807, 2.05) is 12.1 Å². The lowest BCUT2D eigenvalue weighted by molar-refractivity contribution is 0.313. The highest BCUT2D eigenvalue weighted by atomic mass is 127. The third-order valence-corrected chi connectivity index (χ3v) is 4.00. The molecule has 1 aliphatic rings. The van der Waals surface area contributed by atoms with Crippen LogP contribution in [0.2, 0.25) is 10.0 Å². The Balaban J connectivity index is 2.26. The minimum absolute atomic E-state index is 0.751. The van der Waals surface area contributed by atoms with Crippen LogP contribution in [0.1, 0.15) is 0 Å². The van der Waals surface area contributed by atoms with E-state index in [0.29, 0.717) is 0 Å². The molecule has 0 amide bonds. The molecule has 5 heteroatoms. The van der Waals surface area contributed by atoms with E-state index in [1.165, 1.54) is 0 Å². The molecule has 2 rings (SSSR count). The van der Waals surface area contributed by atoms with Crippen LogP contribution in [0.5, 0.6) is 0 Å². The number of halogens is 3. The van der Waals surface area contributed by atoms with Crippen LogP contribution in [0.3, 0.4) is 0 Å². The molecule has 2 nitrogen and oxygen atoms in total. The molecule has 1 heterocycles. The van der Waals surface area contributed by atoms with Gasteiger partial charge in [0.1, 0.15) is 0 Å². The topological polar surface area (TPSA) is 6.48 Å². The molecule has 0 unspecified atom stereocenters. The van der Waals surface area contributed by atoms with Crippen molar-refractivity contribution in [2.45, 2.75) is 0 Å². The van der Waals surface area contributed by atoms with Gasteiger partial charge in [0.2, 0.25) is 0 Å². The maximum absolute atomic E-state index is 6.26. The van der Waals surface area contributed by atoms with E-state index in [1.54, 1.807) is 0 Å². The van der Waals surface area contributed by atoms with Gasteiger partial charge in [-0.25, -0.2) is 0 Å². The van der Waals surface area contributed by atoms with Crippen molar-refractivity contribution in [3.8, 4) is 0 Å². The molecule has 1 aromatic rings. The van der Waals surface area contributed by atoms with E-state index in [2.05, 4.69) is 39.4 Å². The highest BCUT2D eigenvalue weighted by Crippen LogP contribution is 2.35. The lowest BCUT2D eigenvalue weighted by atomic mass is 10.2. The molecular weight excluding hydrogens is 358 g/mol. The molecule has 0 spiro atoms. The molecule has 1 aliphatic heterocycles. The molecular formula is C11H13Cl2IN2. The maximum atomic E-state index is 6.26. The van der Waals surface area contributed by atoms with Crippen molar-refractivity contribution in [1.29, 1.82) is 0 Å². The first-order chi connectivity index (χ1) is 7.58. The van der Waals surface area contributed by atoms with Crippen molar-refractivity contribution in [3.05, 3.63) is 25.7 Å². The first kappa shape index (κ1) is 12.7. The fraction of sp³-hybridized carbons (Fsp3) is 0.455. The van der Waals surface area contributed by atoms with E-state index in [9.17, 15) is 0 Å². The van der Waals surface area contributed by atoms with Crippen molar-refractivity contribution in [1.82, 2.24) is 4.90 Å². The Morgan fingerprint density at radius 1 is 1.06 bits per heavy atom. The lowest BCUT2D eigenvalue weighted by Crippen LogP contribution is -2.44. The molecule has 88 valence electrons. The molecule has 1 aromatic carbocycles. The fourth-order valence-electron chi connectivity index (χ4n) is 1.87. The summed E-state index contributed by atoms with van der Waals surface area (Å²) in [7, 11) is 2.13. The van der Waals surface area contributed by atoms with Crippen LogP contribution < -0.4 is 4.90 Å². The Hall–Kier alpha value is 0.290. The van der Waals surface area contributed by atoms with Crippen molar-refractivity contribution in [2.75, 3.05) is 38.1 Å². The van der Waals surface area contributed by atoms with E-state index < -0.39 is 0 Å². The van der Waals surface area contributed by atoms with E-state index in [0.717, 1.165) is 45.5 Å². The van der Waals surface area contributed by atoms with E-state index in [4.69, 9.17) is 23.2 Å². The van der Waals surface area contributed by atoms with Crippen molar-refractivity contribution in [3.63, 3.8) is 0 Å². The van der Waals surface area contributed by atoms with Gasteiger partial charge in [0.25, 0.3) is 0 Å². The molecule has 0 aliphatic carbocycles. The zero-order chi connectivity index (χ0) is 11.7. The van der Waals surface area contributed by atoms with Crippen LogP contribution in [0.4, 0.5) is 5.69 Å². The molecule has 1 saturated heterocycles. The van der Waals surface area contributed by atoms with Gasteiger partial charge in [-0.15, -0.1) is 0 Å². The summed E-state index contributed by atoms with van der Waals surface area (Å²) in [5.74, 6) is 0. The summed E-state index contributed by atoms with van der Waals surface area (Å²) < 4.78 is 1.07. The number of anilines is 1. The molecule has 0 N–H and O–H groups in total. The summed E-state index contributed by atoms with van der Waals surface area (Å²) in [6, 6.07) is 3.92. The molecule has 16 heavy (non-hydrogen) atoms. The smallest absolute Gasteiger partial charge is 0.0746 e. The minimum atomic E-state index is 0.751. The summed E-state index contributed by atoms with van der Waals surface area (Å²) in [6.07, 6.45) is 0. The molecule has 0 saturated carbocycles. The van der Waals surface area contributed by atoms with Crippen molar-refractivity contribution in [2.24, 2.45) is 0 Å². The first-order valence-electron chi connectivity index (χ1n) is 5.16. The number of likely N-dealkylation sites (N-methyl/N-ethyl adjacent to an activating group) is 1. The summed E-state index contributed by atoms with van der Waals surface area (Å²) >= 11 is 14.7. The lowest BCUT2D eigenvalue weighted by Gasteiger charge is -2.35. The summed E-state index contributed by atoms with van der Waals surface area (Å²) in [5.41, 5.74) is 0.983. The third kappa shape index (κ3) is 2.75. The van der Waals surface area contributed by atoms with Gasteiger partial charge < -0.3 is 9.80 Å². The van der Waals surface area contributed by atoms with Gasteiger partial charge in [-0.05, 0) is 41.8 Å². The van der Waals surface area contributed by atoms with Crippen LogP contribution in [-0.2, 0) is 0 Å². The predicted octanol–water partition coefficient (Wildman–Crippen LogP) is 3.35. The largest absolute Gasteiger partial charge is 0.367 e. The molecule has 0 bridgehead atoms. The molecule has 1 fully saturated rings. The van der Waals surface area contributed by atoms with Gasteiger partial charge in [0, 0.05) is 29.7 Å². The van der Waals surface area contributed by atoms with Gasteiger partial charge in [0.05, 0.1) is 15.7 Å². The first-order valence-corrected chi connectivity index (χ1v) is 6.99. The number of benzene rings is 1.